The number of amides is 2. The first-order valence-corrected chi connectivity index (χ1v) is 13.3. The minimum Gasteiger partial charge on any atom is -0.497 e. The average molecular weight is 491 g/mol. The molecular weight excluding hydrogens is 452 g/mol. The highest BCUT2D eigenvalue weighted by Crippen LogP contribution is 2.59. The Morgan fingerprint density at radius 1 is 1.08 bits per heavy atom. The number of Topliss-reactive ketones (excluding diaryl/α,β-unsaturated/α-hetero) is 1. The van der Waals surface area contributed by atoms with Gasteiger partial charge in [0.15, 0.2) is 0 Å². The third-order valence-corrected chi connectivity index (χ3v) is 9.07. The van der Waals surface area contributed by atoms with Crippen molar-refractivity contribution in [1.82, 2.24) is 5.32 Å². The number of nitrogens with one attached hydrogen (secondary N) is 2. The Balaban J connectivity index is 1.22. The summed E-state index contributed by atoms with van der Waals surface area (Å²) in [6, 6.07) is 11.7. The molecule has 6 nitrogen and oxygen atoms in total. The van der Waals surface area contributed by atoms with Gasteiger partial charge in [-0.2, -0.15) is 0 Å². The standard InChI is InChI=1S/C30H38N2O4/c1-30-14-13-23-24(26(30)11-12-28(30)33)10-9-19-17-27(36-3)20(16-25(19)23)6-5-15-31-29(34)32-21-7-4-8-22(18-21)35-2/h4,7-8,16-18,23-24,26H,5-6,9-15H2,1-3H3,(H2,31,32,34)/t23?,24?,26?,30-/m0/s1. The van der Waals surface area contributed by atoms with E-state index in [0.29, 0.717) is 41.5 Å². The predicted molar refractivity (Wildman–Crippen MR) is 141 cm³/mol. The van der Waals surface area contributed by atoms with Crippen LogP contribution in [0.3, 0.4) is 0 Å². The lowest BCUT2D eigenvalue weighted by atomic mass is 9.55. The highest BCUT2D eigenvalue weighted by molar-refractivity contribution is 5.89. The van der Waals surface area contributed by atoms with Gasteiger partial charge in [-0.05, 0) is 97.6 Å². The summed E-state index contributed by atoms with van der Waals surface area (Å²) in [6.07, 6.45) is 7.87. The zero-order valence-electron chi connectivity index (χ0n) is 21.7. The summed E-state index contributed by atoms with van der Waals surface area (Å²) in [5.41, 5.74) is 4.71. The molecule has 2 aromatic carbocycles. The van der Waals surface area contributed by atoms with Crippen LogP contribution in [-0.4, -0.2) is 32.6 Å². The molecule has 0 spiro atoms. The summed E-state index contributed by atoms with van der Waals surface area (Å²) in [4.78, 5) is 25.0. The van der Waals surface area contributed by atoms with Gasteiger partial charge in [0.2, 0.25) is 0 Å². The number of hydrogen-bond acceptors (Lipinski definition) is 4. The number of methoxy groups -OCH3 is 2. The third-order valence-electron chi connectivity index (χ3n) is 9.07. The first-order valence-electron chi connectivity index (χ1n) is 13.3. The summed E-state index contributed by atoms with van der Waals surface area (Å²) >= 11 is 0. The summed E-state index contributed by atoms with van der Waals surface area (Å²) in [5, 5.41) is 5.81. The second-order valence-corrected chi connectivity index (χ2v) is 10.9. The van der Waals surface area contributed by atoms with Crippen LogP contribution in [0.15, 0.2) is 36.4 Å². The van der Waals surface area contributed by atoms with Crippen molar-refractivity contribution in [3.63, 3.8) is 0 Å². The number of anilines is 1. The maximum Gasteiger partial charge on any atom is 0.319 e. The molecule has 2 amide bonds. The maximum atomic E-state index is 12.7. The van der Waals surface area contributed by atoms with Crippen LogP contribution < -0.4 is 20.1 Å². The second kappa shape index (κ2) is 10.2. The summed E-state index contributed by atoms with van der Waals surface area (Å²) in [7, 11) is 3.35. The molecule has 5 rings (SSSR count). The summed E-state index contributed by atoms with van der Waals surface area (Å²) < 4.78 is 11.0. The zero-order valence-corrected chi connectivity index (χ0v) is 21.7. The van der Waals surface area contributed by atoms with Gasteiger partial charge in [0.05, 0.1) is 14.2 Å². The molecule has 0 bridgehead atoms. The molecule has 0 aliphatic heterocycles. The monoisotopic (exact) mass is 490 g/mol. The molecule has 36 heavy (non-hydrogen) atoms. The van der Waals surface area contributed by atoms with Crippen molar-refractivity contribution in [2.75, 3.05) is 26.1 Å². The van der Waals surface area contributed by atoms with E-state index in [1.165, 1.54) is 23.1 Å². The fourth-order valence-corrected chi connectivity index (χ4v) is 7.16. The van der Waals surface area contributed by atoms with Gasteiger partial charge in [0.1, 0.15) is 17.3 Å². The quantitative estimate of drug-likeness (QED) is 0.475. The highest BCUT2D eigenvalue weighted by Gasteiger charge is 2.54. The Morgan fingerprint density at radius 2 is 1.94 bits per heavy atom. The van der Waals surface area contributed by atoms with E-state index in [-0.39, 0.29) is 11.4 Å². The van der Waals surface area contributed by atoms with Crippen molar-refractivity contribution in [2.24, 2.45) is 17.3 Å². The summed E-state index contributed by atoms with van der Waals surface area (Å²) in [5.74, 6) is 3.85. The molecule has 0 saturated heterocycles. The van der Waals surface area contributed by atoms with Crippen LogP contribution >= 0.6 is 0 Å². The van der Waals surface area contributed by atoms with Crippen molar-refractivity contribution in [1.29, 1.82) is 0 Å². The maximum absolute atomic E-state index is 12.7. The van der Waals surface area contributed by atoms with Crippen molar-refractivity contribution < 1.29 is 19.1 Å². The van der Waals surface area contributed by atoms with E-state index in [9.17, 15) is 9.59 Å². The average Bonchev–Trinajstić information content (AvgIpc) is 3.20. The molecule has 3 aliphatic carbocycles. The third kappa shape index (κ3) is 4.58. The van der Waals surface area contributed by atoms with Crippen LogP contribution in [0.25, 0.3) is 0 Å². The molecule has 2 saturated carbocycles. The molecule has 192 valence electrons. The first-order chi connectivity index (χ1) is 17.4. The normalized spacial score (nSPS) is 26.4. The van der Waals surface area contributed by atoms with Crippen LogP contribution in [-0.2, 0) is 17.6 Å². The Bertz CT molecular complexity index is 1150. The van der Waals surface area contributed by atoms with Gasteiger partial charge in [0, 0.05) is 30.1 Å². The highest BCUT2D eigenvalue weighted by atomic mass is 16.5. The number of urea groups is 1. The van der Waals surface area contributed by atoms with Crippen molar-refractivity contribution in [3.05, 3.63) is 53.1 Å². The van der Waals surface area contributed by atoms with Gasteiger partial charge in [0.25, 0.3) is 0 Å². The molecule has 2 fully saturated rings. The number of fused-ring (bicyclic) bond motifs is 5. The van der Waals surface area contributed by atoms with Gasteiger partial charge in [-0.1, -0.05) is 19.1 Å². The van der Waals surface area contributed by atoms with Crippen molar-refractivity contribution in [2.45, 2.75) is 64.2 Å². The minimum atomic E-state index is -0.222. The van der Waals surface area contributed by atoms with E-state index in [1.54, 1.807) is 20.3 Å². The smallest absolute Gasteiger partial charge is 0.319 e. The van der Waals surface area contributed by atoms with Crippen LogP contribution in [0.1, 0.15) is 68.1 Å². The number of carbonyl (C=O) groups excluding carboxylic acids is 2. The molecule has 0 radical (unpaired) electrons. The number of hydrogen-bond donors (Lipinski definition) is 2. The number of benzene rings is 2. The van der Waals surface area contributed by atoms with Gasteiger partial charge in [-0.3, -0.25) is 4.79 Å². The lowest BCUT2D eigenvalue weighted by molar-refractivity contribution is -0.129. The number of ketones is 1. The van der Waals surface area contributed by atoms with Crippen LogP contribution in [0.5, 0.6) is 11.5 Å². The van der Waals surface area contributed by atoms with E-state index in [2.05, 4.69) is 29.7 Å². The molecule has 0 heterocycles. The first kappa shape index (κ1) is 24.7. The largest absolute Gasteiger partial charge is 0.497 e. The van der Waals surface area contributed by atoms with Gasteiger partial charge < -0.3 is 20.1 Å². The molecule has 4 atom stereocenters. The number of rotatable bonds is 7. The Labute approximate surface area is 214 Å². The number of carbonyl (C=O) groups is 2. The van der Waals surface area contributed by atoms with E-state index in [0.717, 1.165) is 50.7 Å². The lowest BCUT2D eigenvalue weighted by Gasteiger charge is -2.48. The zero-order chi connectivity index (χ0) is 25.3. The minimum absolute atomic E-state index is 0.0922. The van der Waals surface area contributed by atoms with Crippen LogP contribution in [0.2, 0.25) is 0 Å². The van der Waals surface area contributed by atoms with Gasteiger partial charge >= 0.3 is 6.03 Å². The topological polar surface area (TPSA) is 76.7 Å². The molecule has 2 N–H and O–H groups in total. The molecular formula is C30H38N2O4. The van der Waals surface area contributed by atoms with Crippen molar-refractivity contribution >= 4 is 17.5 Å². The fourth-order valence-electron chi connectivity index (χ4n) is 7.16. The SMILES string of the molecule is COc1cccc(NC(=O)NCCCc2cc3c(cc2OC)CCC2C3CC[C@]3(C)C(=O)CCC23)c1. The molecule has 0 aromatic heterocycles. The van der Waals surface area contributed by atoms with E-state index >= 15 is 0 Å². The Kier molecular flexibility index (Phi) is 6.96. The van der Waals surface area contributed by atoms with E-state index < -0.39 is 0 Å². The predicted octanol–water partition coefficient (Wildman–Crippen LogP) is 5.88. The van der Waals surface area contributed by atoms with Gasteiger partial charge in [-0.25, -0.2) is 4.79 Å². The van der Waals surface area contributed by atoms with E-state index in [1.807, 2.05) is 18.2 Å². The second-order valence-electron chi connectivity index (χ2n) is 10.9. The molecule has 3 unspecified atom stereocenters. The molecule has 3 aliphatic rings. The Morgan fingerprint density at radius 3 is 2.75 bits per heavy atom. The van der Waals surface area contributed by atoms with Crippen LogP contribution in [0, 0.1) is 17.3 Å². The molecule has 2 aromatic rings. The summed E-state index contributed by atoms with van der Waals surface area (Å²) in [6.45, 7) is 2.81. The molecule has 6 heteroatoms. The number of ether oxygens (including phenoxy) is 2. The van der Waals surface area contributed by atoms with E-state index in [4.69, 9.17) is 9.47 Å². The number of aryl methyl sites for hydroxylation is 2. The Hall–Kier alpha value is -3.02. The van der Waals surface area contributed by atoms with Crippen LogP contribution in [0.4, 0.5) is 10.5 Å². The van der Waals surface area contributed by atoms with Crippen molar-refractivity contribution in [3.8, 4) is 11.5 Å². The lowest BCUT2D eigenvalue weighted by Crippen LogP contribution is -2.42. The van der Waals surface area contributed by atoms with Gasteiger partial charge in [-0.15, -0.1) is 0 Å². The fraction of sp³-hybridized carbons (Fsp3) is 0.533.